The van der Waals surface area contributed by atoms with E-state index < -0.39 is 0 Å². The number of fused-ring (bicyclic) bond motifs is 8. The van der Waals surface area contributed by atoms with Crippen molar-refractivity contribution in [3.05, 3.63) is 187 Å². The first-order valence-corrected chi connectivity index (χ1v) is 21.4. The molecule has 2 unspecified atom stereocenters. The summed E-state index contributed by atoms with van der Waals surface area (Å²) in [7, 11) is 0. The lowest BCUT2D eigenvalue weighted by Crippen LogP contribution is -2.64. The smallest absolute Gasteiger partial charge is 0.252 e. The van der Waals surface area contributed by atoms with Gasteiger partial charge in [-0.1, -0.05) is 135 Å². The predicted molar refractivity (Wildman–Crippen MR) is 251 cm³/mol. The molecule has 0 radical (unpaired) electrons. The molecule has 2 atom stereocenters. The Labute approximate surface area is 348 Å². The van der Waals surface area contributed by atoms with Crippen LogP contribution in [-0.4, -0.2) is 12.3 Å². The van der Waals surface area contributed by atoms with Crippen LogP contribution < -0.4 is 31.1 Å². The number of aryl methyl sites for hydroxylation is 1. The van der Waals surface area contributed by atoms with Crippen LogP contribution in [0.15, 0.2) is 176 Å². The fourth-order valence-corrected chi connectivity index (χ4v) is 11.7. The summed E-state index contributed by atoms with van der Waals surface area (Å²) in [5.74, 6) is 0. The minimum atomic E-state index is 0.00514. The Balaban J connectivity index is 1.14. The van der Waals surface area contributed by atoms with Crippen LogP contribution in [0.4, 0.5) is 45.5 Å². The van der Waals surface area contributed by atoms with Gasteiger partial charge in [0.25, 0.3) is 6.71 Å². The fraction of sp³-hybridized carbons (Fsp3) is 0.164. The third kappa shape index (κ3) is 4.83. The van der Waals surface area contributed by atoms with Crippen molar-refractivity contribution in [2.45, 2.75) is 57.4 Å². The van der Waals surface area contributed by atoms with Crippen LogP contribution in [0.1, 0.15) is 50.7 Å². The zero-order valence-electron chi connectivity index (χ0n) is 34.0. The third-order valence-corrected chi connectivity index (χ3v) is 14.6. The van der Waals surface area contributed by atoms with Crippen LogP contribution >= 0.6 is 0 Å². The van der Waals surface area contributed by atoms with E-state index >= 15 is 0 Å². The van der Waals surface area contributed by atoms with Crippen molar-refractivity contribution in [2.75, 3.05) is 14.7 Å². The zero-order valence-corrected chi connectivity index (χ0v) is 34.0. The molecule has 0 aromatic heterocycles. The lowest BCUT2D eigenvalue weighted by molar-refractivity contribution is 0.195. The molecule has 3 aliphatic heterocycles. The molecule has 12 rings (SSSR count). The van der Waals surface area contributed by atoms with E-state index in [-0.39, 0.29) is 17.7 Å². The second kappa shape index (κ2) is 12.7. The molecule has 1 fully saturated rings. The Bertz CT molecular complexity index is 2960. The first kappa shape index (κ1) is 34.5. The Hall–Kier alpha value is -6.52. The summed E-state index contributed by atoms with van der Waals surface area (Å²) in [4.78, 5) is 7.87. The van der Waals surface area contributed by atoms with Gasteiger partial charge in [-0.3, -0.25) is 0 Å². The van der Waals surface area contributed by atoms with Crippen molar-refractivity contribution in [3.63, 3.8) is 0 Å². The highest BCUT2D eigenvalue weighted by Gasteiger charge is 2.61. The van der Waals surface area contributed by atoms with Gasteiger partial charge in [0.15, 0.2) is 0 Å². The molecule has 0 spiro atoms. The van der Waals surface area contributed by atoms with Gasteiger partial charge in [-0.05, 0) is 131 Å². The summed E-state index contributed by atoms with van der Waals surface area (Å²) in [6.07, 6.45) is 4.98. The molecule has 1 aliphatic carbocycles. The van der Waals surface area contributed by atoms with Gasteiger partial charge >= 0.3 is 0 Å². The number of hydrogen-bond donors (Lipinski definition) is 0. The van der Waals surface area contributed by atoms with E-state index in [1.54, 1.807) is 0 Å². The number of rotatable bonds is 5. The van der Waals surface area contributed by atoms with Crippen LogP contribution in [0.2, 0.25) is 0 Å². The highest BCUT2D eigenvalue weighted by atomic mass is 15.3. The largest absolute Gasteiger partial charge is 0.335 e. The van der Waals surface area contributed by atoms with Crippen molar-refractivity contribution >= 4 is 79.4 Å². The minimum Gasteiger partial charge on any atom is -0.335 e. The van der Waals surface area contributed by atoms with Crippen LogP contribution in [0.5, 0.6) is 0 Å². The summed E-state index contributed by atoms with van der Waals surface area (Å²) in [5.41, 5.74) is 19.5. The van der Waals surface area contributed by atoms with Crippen molar-refractivity contribution in [1.82, 2.24) is 0 Å². The Kier molecular flexibility index (Phi) is 7.45. The maximum absolute atomic E-state index is 2.82. The number of anilines is 8. The number of para-hydroxylation sites is 3. The average molecular weight is 760 g/mol. The molecule has 0 saturated heterocycles. The van der Waals surface area contributed by atoms with Gasteiger partial charge in [-0.2, -0.15) is 0 Å². The monoisotopic (exact) mass is 759 g/mol. The lowest BCUT2D eigenvalue weighted by atomic mass is 9.33. The average Bonchev–Trinajstić information content (AvgIpc) is 3.49. The first-order valence-electron chi connectivity index (χ1n) is 21.4. The third-order valence-electron chi connectivity index (χ3n) is 14.6. The molecule has 4 aliphatic rings. The van der Waals surface area contributed by atoms with Gasteiger partial charge in [0.05, 0.1) is 11.2 Å². The van der Waals surface area contributed by atoms with Crippen molar-refractivity contribution in [2.24, 2.45) is 0 Å². The van der Waals surface area contributed by atoms with Gasteiger partial charge in [-0.25, -0.2) is 0 Å². The fourth-order valence-electron chi connectivity index (χ4n) is 11.7. The molecule has 8 aromatic carbocycles. The highest BCUT2D eigenvalue weighted by Crippen LogP contribution is 2.61. The first-order chi connectivity index (χ1) is 28.9. The summed E-state index contributed by atoms with van der Waals surface area (Å²) in [5, 5.41) is 2.44. The van der Waals surface area contributed by atoms with E-state index in [1.165, 1.54) is 104 Å². The lowest BCUT2D eigenvalue weighted by Gasteiger charge is -2.52. The minimum absolute atomic E-state index is 0.00514. The molecule has 284 valence electrons. The molecule has 3 heterocycles. The Morgan fingerprint density at radius 2 is 1.27 bits per heavy atom. The highest BCUT2D eigenvalue weighted by molar-refractivity contribution is 7.00. The Morgan fingerprint density at radius 3 is 2.08 bits per heavy atom. The molecule has 4 heteroatoms. The molecular weight excluding hydrogens is 713 g/mol. The maximum Gasteiger partial charge on any atom is 0.252 e. The second-order valence-corrected chi connectivity index (χ2v) is 17.7. The van der Waals surface area contributed by atoms with E-state index in [0.717, 1.165) is 17.1 Å². The van der Waals surface area contributed by atoms with Crippen molar-refractivity contribution < 1.29 is 0 Å². The Morgan fingerprint density at radius 1 is 0.559 bits per heavy atom. The summed E-state index contributed by atoms with van der Waals surface area (Å²) in [6.45, 7) is 7.53. The molecule has 59 heavy (non-hydrogen) atoms. The van der Waals surface area contributed by atoms with E-state index in [0.29, 0.717) is 0 Å². The quantitative estimate of drug-likeness (QED) is 0.162. The molecule has 3 nitrogen and oxygen atoms in total. The van der Waals surface area contributed by atoms with Crippen molar-refractivity contribution in [1.29, 1.82) is 0 Å². The maximum atomic E-state index is 2.82. The number of benzene rings is 8. The molecule has 1 saturated carbocycles. The number of nitrogens with zero attached hydrogens (tertiary/aromatic N) is 3. The van der Waals surface area contributed by atoms with Gasteiger partial charge < -0.3 is 14.7 Å². The van der Waals surface area contributed by atoms with Gasteiger partial charge in [0.2, 0.25) is 0 Å². The topological polar surface area (TPSA) is 9.72 Å². The molecule has 0 bridgehead atoms. The summed E-state index contributed by atoms with van der Waals surface area (Å²) >= 11 is 0. The summed E-state index contributed by atoms with van der Waals surface area (Å²) < 4.78 is 0. The van der Waals surface area contributed by atoms with Gasteiger partial charge in [0, 0.05) is 50.6 Å². The predicted octanol–water partition coefficient (Wildman–Crippen LogP) is 12.6. The van der Waals surface area contributed by atoms with E-state index in [9.17, 15) is 0 Å². The standard InChI is InChI=1S/C55H46BN3/c1-37-32-50-52-51(33-37)59-53-45(54(2)30-15-16-31-55(54,59)3)26-17-27-47(53)56(52)46-29-28-43(36-49(46)58(50)42-23-11-6-12-24-42)57(41-21-9-5-10-22-41)48-35-40(38-18-7-4-8-19-38)34-39-20-13-14-25-44(39)48/h4-14,17-29,32-36H,15-16,30-31H2,1-3H3. The zero-order chi connectivity index (χ0) is 39.5. The second-order valence-electron chi connectivity index (χ2n) is 17.7. The van der Waals surface area contributed by atoms with Crippen LogP contribution in [-0.2, 0) is 5.41 Å². The molecular formula is C55H46BN3. The van der Waals surface area contributed by atoms with Crippen LogP contribution in [0.25, 0.3) is 21.9 Å². The normalized spacial score (nSPS) is 19.5. The van der Waals surface area contributed by atoms with Crippen LogP contribution in [0, 0.1) is 6.92 Å². The number of hydrogen-bond acceptors (Lipinski definition) is 3. The SMILES string of the molecule is Cc1cc2c3c(c1)N1c4c(cccc4C4(C)CCCCC14C)B3c1ccc(N(c3ccccc3)c3cc(-c4ccccc4)cc4ccccc34)cc1N2c1ccccc1. The molecule has 0 N–H and O–H groups in total. The van der Waals surface area contributed by atoms with Crippen LogP contribution in [0.3, 0.4) is 0 Å². The van der Waals surface area contributed by atoms with E-state index in [4.69, 9.17) is 0 Å². The molecule has 8 aromatic rings. The molecule has 0 amide bonds. The van der Waals surface area contributed by atoms with Gasteiger partial charge in [-0.15, -0.1) is 0 Å². The van der Waals surface area contributed by atoms with Crippen molar-refractivity contribution in [3.8, 4) is 11.1 Å². The van der Waals surface area contributed by atoms with E-state index in [2.05, 4.69) is 211 Å². The van der Waals surface area contributed by atoms with Gasteiger partial charge in [0.1, 0.15) is 0 Å². The van der Waals surface area contributed by atoms with E-state index in [1.807, 2.05) is 0 Å². The summed E-state index contributed by atoms with van der Waals surface area (Å²) in [6, 6.07) is 65.8.